The second-order valence-corrected chi connectivity index (χ2v) is 4.24. The molecule has 2 heterocycles. The van der Waals surface area contributed by atoms with Gasteiger partial charge in [-0.3, -0.25) is 9.59 Å². The van der Waals surface area contributed by atoms with Gasteiger partial charge >= 0.3 is 0 Å². The highest BCUT2D eigenvalue weighted by molar-refractivity contribution is 5.99. The summed E-state index contributed by atoms with van der Waals surface area (Å²) in [6, 6.07) is 1.48. The number of aromatic nitrogens is 1. The largest absolute Gasteiger partial charge is 0.397 e. The van der Waals surface area contributed by atoms with Gasteiger partial charge in [0.2, 0.25) is 5.91 Å². The van der Waals surface area contributed by atoms with Gasteiger partial charge < -0.3 is 21.3 Å². The molecular formula is C11H15N5O2. The standard InChI is InChI=1S/C11H15N5O2/c1-15-2-3-16(6-9(15)17)11-8(10(13)18)4-7(12)5-14-11/h4-5H,2-3,6,12H2,1H3,(H2,13,18). The van der Waals surface area contributed by atoms with E-state index in [2.05, 4.69) is 4.98 Å². The van der Waals surface area contributed by atoms with Crippen LogP contribution in [0, 0.1) is 0 Å². The van der Waals surface area contributed by atoms with E-state index >= 15 is 0 Å². The first-order valence-corrected chi connectivity index (χ1v) is 5.53. The lowest BCUT2D eigenvalue weighted by Gasteiger charge is -2.33. The van der Waals surface area contributed by atoms with E-state index in [0.717, 1.165) is 0 Å². The van der Waals surface area contributed by atoms with Crippen molar-refractivity contribution < 1.29 is 9.59 Å². The Morgan fingerprint density at radius 2 is 2.17 bits per heavy atom. The minimum absolute atomic E-state index is 0.0182. The lowest BCUT2D eigenvalue weighted by molar-refractivity contribution is -0.129. The molecule has 4 N–H and O–H groups in total. The summed E-state index contributed by atoms with van der Waals surface area (Å²) < 4.78 is 0. The van der Waals surface area contributed by atoms with Gasteiger partial charge in [-0.25, -0.2) is 4.98 Å². The van der Waals surface area contributed by atoms with Crippen LogP contribution in [0.3, 0.4) is 0 Å². The van der Waals surface area contributed by atoms with Gasteiger partial charge in [-0.05, 0) is 6.07 Å². The fourth-order valence-electron chi connectivity index (χ4n) is 1.85. The average Bonchev–Trinajstić information content (AvgIpc) is 2.32. The molecule has 0 aromatic carbocycles. The molecule has 0 aliphatic carbocycles. The summed E-state index contributed by atoms with van der Waals surface area (Å²) >= 11 is 0. The van der Waals surface area contributed by atoms with Crippen LogP contribution in [0.1, 0.15) is 10.4 Å². The summed E-state index contributed by atoms with van der Waals surface area (Å²) in [5, 5.41) is 0. The van der Waals surface area contributed by atoms with E-state index < -0.39 is 5.91 Å². The topological polar surface area (TPSA) is 106 Å². The van der Waals surface area contributed by atoms with Crippen LogP contribution >= 0.6 is 0 Å². The molecule has 0 saturated carbocycles. The number of rotatable bonds is 2. The number of piperazine rings is 1. The molecule has 7 nitrogen and oxygen atoms in total. The van der Waals surface area contributed by atoms with Crippen molar-refractivity contribution in [2.75, 3.05) is 37.3 Å². The fourth-order valence-corrected chi connectivity index (χ4v) is 1.85. The van der Waals surface area contributed by atoms with Crippen LogP contribution in [0.25, 0.3) is 0 Å². The highest BCUT2D eigenvalue weighted by Crippen LogP contribution is 2.20. The number of primary amides is 1. The molecule has 1 aliphatic rings. The number of nitrogens with two attached hydrogens (primary N) is 2. The smallest absolute Gasteiger partial charge is 0.252 e. The molecular weight excluding hydrogens is 234 g/mol. The van der Waals surface area contributed by atoms with Crippen molar-refractivity contribution in [2.24, 2.45) is 5.73 Å². The molecule has 1 aliphatic heterocycles. The molecule has 0 bridgehead atoms. The summed E-state index contributed by atoms with van der Waals surface area (Å²) in [4.78, 5) is 30.5. The van der Waals surface area contributed by atoms with Gasteiger partial charge in [0.25, 0.3) is 5.91 Å². The first-order valence-electron chi connectivity index (χ1n) is 5.53. The summed E-state index contributed by atoms with van der Waals surface area (Å²) in [7, 11) is 1.74. The van der Waals surface area contributed by atoms with Gasteiger partial charge in [0.05, 0.1) is 24.0 Å². The second kappa shape index (κ2) is 4.52. The van der Waals surface area contributed by atoms with E-state index in [1.165, 1.54) is 12.3 Å². The van der Waals surface area contributed by atoms with Crippen LogP contribution in [0.2, 0.25) is 0 Å². The maximum atomic E-state index is 11.6. The number of carbonyl (C=O) groups excluding carboxylic acids is 2. The molecule has 1 fully saturated rings. The van der Waals surface area contributed by atoms with E-state index in [9.17, 15) is 9.59 Å². The molecule has 0 spiro atoms. The normalized spacial score (nSPS) is 15.9. The first-order chi connectivity index (χ1) is 8.49. The first kappa shape index (κ1) is 12.2. The van der Waals surface area contributed by atoms with Gasteiger partial charge in [-0.1, -0.05) is 0 Å². The molecule has 2 rings (SSSR count). The zero-order valence-corrected chi connectivity index (χ0v) is 10.1. The molecule has 96 valence electrons. The fraction of sp³-hybridized carbons (Fsp3) is 0.364. The Bertz CT molecular complexity index is 502. The van der Waals surface area contributed by atoms with Crippen molar-refractivity contribution in [2.45, 2.75) is 0 Å². The van der Waals surface area contributed by atoms with E-state index in [1.54, 1.807) is 16.8 Å². The highest BCUT2D eigenvalue weighted by atomic mass is 16.2. The second-order valence-electron chi connectivity index (χ2n) is 4.24. The lowest BCUT2D eigenvalue weighted by Crippen LogP contribution is -2.49. The Kier molecular flexibility index (Phi) is 3.05. The van der Waals surface area contributed by atoms with Gasteiger partial charge in [0, 0.05) is 20.1 Å². The quantitative estimate of drug-likeness (QED) is 0.702. The van der Waals surface area contributed by atoms with E-state index in [4.69, 9.17) is 11.5 Å². The minimum atomic E-state index is -0.601. The molecule has 0 radical (unpaired) electrons. The number of hydrogen-bond donors (Lipinski definition) is 2. The number of likely N-dealkylation sites (N-methyl/N-ethyl adjacent to an activating group) is 1. The number of pyridine rings is 1. The number of hydrogen-bond acceptors (Lipinski definition) is 5. The molecule has 1 aromatic heterocycles. The van der Waals surface area contributed by atoms with Gasteiger partial charge in [0.1, 0.15) is 5.82 Å². The SMILES string of the molecule is CN1CCN(c2ncc(N)cc2C(N)=O)CC1=O. The zero-order valence-electron chi connectivity index (χ0n) is 10.1. The molecule has 1 saturated heterocycles. The highest BCUT2D eigenvalue weighted by Gasteiger charge is 2.25. The predicted octanol–water partition coefficient (Wildman–Crippen LogP) is -0.959. The van der Waals surface area contributed by atoms with Gasteiger partial charge in [-0.2, -0.15) is 0 Å². The summed E-state index contributed by atoms with van der Waals surface area (Å²) in [5.41, 5.74) is 11.5. The van der Waals surface area contributed by atoms with Crippen molar-refractivity contribution in [3.05, 3.63) is 17.8 Å². The molecule has 7 heteroatoms. The number of nitrogen functional groups attached to an aromatic ring is 1. The summed E-state index contributed by atoms with van der Waals surface area (Å²) in [5.74, 6) is -0.204. The van der Waals surface area contributed by atoms with Crippen LogP contribution in [-0.4, -0.2) is 48.4 Å². The molecule has 2 amide bonds. The third-order valence-corrected chi connectivity index (χ3v) is 2.91. The van der Waals surface area contributed by atoms with Crippen LogP contribution in [0.15, 0.2) is 12.3 Å². The van der Waals surface area contributed by atoms with Crippen molar-refractivity contribution in [3.8, 4) is 0 Å². The minimum Gasteiger partial charge on any atom is -0.397 e. The Labute approximate surface area is 104 Å². The third-order valence-electron chi connectivity index (χ3n) is 2.91. The number of carbonyl (C=O) groups is 2. The van der Waals surface area contributed by atoms with Crippen LogP contribution in [0.4, 0.5) is 11.5 Å². The molecule has 18 heavy (non-hydrogen) atoms. The molecule has 1 aromatic rings. The monoisotopic (exact) mass is 249 g/mol. The van der Waals surface area contributed by atoms with E-state index in [-0.39, 0.29) is 18.0 Å². The lowest BCUT2D eigenvalue weighted by atomic mass is 10.2. The molecule has 0 atom stereocenters. The number of anilines is 2. The number of nitrogens with zero attached hydrogens (tertiary/aromatic N) is 3. The van der Waals surface area contributed by atoms with Crippen molar-refractivity contribution in [1.29, 1.82) is 0 Å². The van der Waals surface area contributed by atoms with Gasteiger partial charge in [-0.15, -0.1) is 0 Å². The van der Waals surface area contributed by atoms with Crippen molar-refractivity contribution in [3.63, 3.8) is 0 Å². The van der Waals surface area contributed by atoms with Crippen LogP contribution < -0.4 is 16.4 Å². The maximum Gasteiger partial charge on any atom is 0.252 e. The summed E-state index contributed by atoms with van der Waals surface area (Å²) in [6.45, 7) is 1.39. The Balaban J connectivity index is 2.33. The van der Waals surface area contributed by atoms with Crippen molar-refractivity contribution in [1.82, 2.24) is 9.88 Å². The third kappa shape index (κ3) is 2.20. The van der Waals surface area contributed by atoms with E-state index in [1.807, 2.05) is 0 Å². The Morgan fingerprint density at radius 1 is 1.44 bits per heavy atom. The summed E-state index contributed by atoms with van der Waals surface area (Å²) in [6.07, 6.45) is 1.45. The predicted molar refractivity (Wildman–Crippen MR) is 67.0 cm³/mol. The van der Waals surface area contributed by atoms with Gasteiger partial charge in [0.15, 0.2) is 0 Å². The van der Waals surface area contributed by atoms with Crippen LogP contribution in [0.5, 0.6) is 0 Å². The Hall–Kier alpha value is -2.31. The van der Waals surface area contributed by atoms with Crippen molar-refractivity contribution >= 4 is 23.3 Å². The van der Waals surface area contributed by atoms with E-state index in [0.29, 0.717) is 24.6 Å². The molecule has 0 unspecified atom stereocenters. The average molecular weight is 249 g/mol. The maximum absolute atomic E-state index is 11.6. The number of amides is 2. The Morgan fingerprint density at radius 3 is 2.78 bits per heavy atom. The zero-order chi connectivity index (χ0) is 13.3. The van der Waals surface area contributed by atoms with Crippen LogP contribution in [-0.2, 0) is 4.79 Å².